The number of rotatable bonds is 4. The molecule has 0 bridgehead atoms. The van der Waals surface area contributed by atoms with Crippen molar-refractivity contribution in [2.45, 2.75) is 45.2 Å². The minimum Gasteiger partial charge on any atom is -0.353 e. The molecule has 5 heteroatoms. The molecule has 1 aliphatic carbocycles. The molecule has 0 spiro atoms. The maximum atomic E-state index is 4.50. The molecule has 2 aromatic heterocycles. The average molecular weight is 262 g/mol. The second-order valence-corrected chi connectivity index (χ2v) is 5.83. The molecule has 1 saturated carbocycles. The summed E-state index contributed by atoms with van der Waals surface area (Å²) in [5.41, 5.74) is 1.10. The Labute approximate surface area is 111 Å². The zero-order chi connectivity index (χ0) is 12.4. The fourth-order valence-corrected chi connectivity index (χ4v) is 3.22. The van der Waals surface area contributed by atoms with E-state index in [4.69, 9.17) is 0 Å². The molecule has 0 radical (unpaired) electrons. The number of anilines is 1. The molecule has 0 atom stereocenters. The van der Waals surface area contributed by atoms with Crippen LogP contribution in [0.15, 0.2) is 17.8 Å². The molecule has 3 rings (SSSR count). The molecule has 1 aliphatic rings. The molecule has 0 aromatic carbocycles. The fraction of sp³-hybridized carbons (Fsp3) is 0.538. The quantitative estimate of drug-likeness (QED) is 0.921. The van der Waals surface area contributed by atoms with E-state index in [1.807, 2.05) is 19.3 Å². The maximum absolute atomic E-state index is 4.50. The monoisotopic (exact) mass is 262 g/mol. The van der Waals surface area contributed by atoms with E-state index in [1.54, 1.807) is 11.3 Å². The Hall–Kier alpha value is -1.36. The first kappa shape index (κ1) is 11.7. The van der Waals surface area contributed by atoms with E-state index in [1.165, 1.54) is 25.7 Å². The lowest BCUT2D eigenvalue weighted by atomic mass is 10.2. The van der Waals surface area contributed by atoms with Gasteiger partial charge in [0.1, 0.15) is 5.01 Å². The van der Waals surface area contributed by atoms with Gasteiger partial charge in [0, 0.05) is 29.5 Å². The normalized spacial score (nSPS) is 16.3. The van der Waals surface area contributed by atoms with Crippen molar-refractivity contribution in [3.8, 4) is 0 Å². The van der Waals surface area contributed by atoms with Crippen LogP contribution in [0.4, 0.5) is 5.95 Å². The van der Waals surface area contributed by atoms with Gasteiger partial charge in [-0.05, 0) is 19.8 Å². The summed E-state index contributed by atoms with van der Waals surface area (Å²) in [7, 11) is 0. The number of imidazole rings is 1. The first-order valence-electron chi connectivity index (χ1n) is 6.50. The van der Waals surface area contributed by atoms with Crippen LogP contribution in [0.1, 0.15) is 36.4 Å². The molecule has 2 aromatic rings. The predicted molar refractivity (Wildman–Crippen MR) is 74.1 cm³/mol. The Bertz CT molecular complexity index is 511. The number of nitrogens with one attached hydrogen (secondary N) is 1. The van der Waals surface area contributed by atoms with Gasteiger partial charge in [-0.3, -0.25) is 0 Å². The van der Waals surface area contributed by atoms with Gasteiger partial charge in [0.2, 0.25) is 5.95 Å². The van der Waals surface area contributed by atoms with Crippen LogP contribution < -0.4 is 5.32 Å². The summed E-state index contributed by atoms with van der Waals surface area (Å²) in [5.74, 6) is 0.981. The number of aryl methyl sites for hydroxylation is 1. The third kappa shape index (κ3) is 2.56. The Balaban J connectivity index is 1.70. The van der Waals surface area contributed by atoms with E-state index in [9.17, 15) is 0 Å². The van der Waals surface area contributed by atoms with Gasteiger partial charge < -0.3 is 9.88 Å². The van der Waals surface area contributed by atoms with Gasteiger partial charge in [-0.1, -0.05) is 12.8 Å². The maximum Gasteiger partial charge on any atom is 0.203 e. The van der Waals surface area contributed by atoms with Crippen molar-refractivity contribution in [2.75, 3.05) is 5.32 Å². The highest BCUT2D eigenvalue weighted by Gasteiger charge is 2.16. The first-order valence-corrected chi connectivity index (χ1v) is 7.38. The zero-order valence-electron chi connectivity index (χ0n) is 10.6. The van der Waals surface area contributed by atoms with Crippen molar-refractivity contribution in [3.05, 3.63) is 28.5 Å². The van der Waals surface area contributed by atoms with Crippen LogP contribution in [0, 0.1) is 6.92 Å². The highest BCUT2D eigenvalue weighted by molar-refractivity contribution is 7.09. The van der Waals surface area contributed by atoms with E-state index in [-0.39, 0.29) is 0 Å². The van der Waals surface area contributed by atoms with Crippen molar-refractivity contribution >= 4 is 17.3 Å². The van der Waals surface area contributed by atoms with Crippen LogP contribution in [0.3, 0.4) is 0 Å². The second kappa shape index (κ2) is 5.10. The van der Waals surface area contributed by atoms with Gasteiger partial charge >= 0.3 is 0 Å². The van der Waals surface area contributed by atoms with Crippen molar-refractivity contribution in [1.29, 1.82) is 0 Å². The largest absolute Gasteiger partial charge is 0.353 e. The number of hydrogen-bond donors (Lipinski definition) is 1. The summed E-state index contributed by atoms with van der Waals surface area (Å²) in [6.07, 6.45) is 9.09. The van der Waals surface area contributed by atoms with E-state index in [2.05, 4.69) is 25.2 Å². The Morgan fingerprint density at radius 3 is 3.00 bits per heavy atom. The van der Waals surface area contributed by atoms with Gasteiger partial charge in [0.25, 0.3) is 0 Å². The van der Waals surface area contributed by atoms with Crippen LogP contribution in [-0.2, 0) is 6.54 Å². The summed E-state index contributed by atoms with van der Waals surface area (Å²) in [6, 6.07) is 0.601. The molecular weight excluding hydrogens is 244 g/mol. The highest BCUT2D eigenvalue weighted by atomic mass is 32.1. The van der Waals surface area contributed by atoms with Crippen molar-refractivity contribution in [2.24, 2.45) is 0 Å². The standard InChI is InChI=1S/C13H18N4S/c1-10-9-18-12(15-10)8-17-7-6-14-13(17)16-11-4-2-3-5-11/h6-7,9,11H,2-5,8H2,1H3,(H,14,16). The first-order chi connectivity index (χ1) is 8.81. The average Bonchev–Trinajstić information content (AvgIpc) is 3.05. The van der Waals surface area contributed by atoms with Gasteiger partial charge in [-0.15, -0.1) is 11.3 Å². The molecule has 0 unspecified atom stereocenters. The number of hydrogen-bond acceptors (Lipinski definition) is 4. The van der Waals surface area contributed by atoms with Crippen LogP contribution >= 0.6 is 11.3 Å². The summed E-state index contributed by atoms with van der Waals surface area (Å²) < 4.78 is 2.15. The molecule has 0 aliphatic heterocycles. The molecule has 18 heavy (non-hydrogen) atoms. The summed E-state index contributed by atoms with van der Waals surface area (Å²) in [6.45, 7) is 2.85. The van der Waals surface area contributed by atoms with Crippen molar-refractivity contribution in [1.82, 2.24) is 14.5 Å². The third-order valence-electron chi connectivity index (χ3n) is 3.38. The second-order valence-electron chi connectivity index (χ2n) is 4.89. The van der Waals surface area contributed by atoms with Gasteiger partial charge in [-0.25, -0.2) is 9.97 Å². The molecule has 1 fully saturated rings. The van der Waals surface area contributed by atoms with Gasteiger partial charge in [-0.2, -0.15) is 0 Å². The SMILES string of the molecule is Cc1csc(Cn2ccnc2NC2CCCC2)n1. The van der Waals surface area contributed by atoms with Crippen molar-refractivity contribution in [3.63, 3.8) is 0 Å². The number of thiazole rings is 1. The van der Waals surface area contributed by atoms with Crippen molar-refractivity contribution < 1.29 is 0 Å². The predicted octanol–water partition coefficient (Wildman–Crippen LogP) is 3.05. The summed E-state index contributed by atoms with van der Waals surface area (Å²) in [4.78, 5) is 8.91. The zero-order valence-corrected chi connectivity index (χ0v) is 11.4. The molecule has 0 saturated heterocycles. The fourth-order valence-electron chi connectivity index (χ4n) is 2.45. The lowest BCUT2D eigenvalue weighted by Gasteiger charge is -2.13. The van der Waals surface area contributed by atoms with E-state index < -0.39 is 0 Å². The molecule has 0 amide bonds. The minimum absolute atomic E-state index is 0.601. The lowest BCUT2D eigenvalue weighted by molar-refractivity contribution is 0.714. The Kier molecular flexibility index (Phi) is 3.32. The van der Waals surface area contributed by atoms with Crippen LogP contribution in [-0.4, -0.2) is 20.6 Å². The molecule has 96 valence electrons. The molecule has 2 heterocycles. The molecule has 4 nitrogen and oxygen atoms in total. The van der Waals surface area contributed by atoms with Crippen LogP contribution in [0.2, 0.25) is 0 Å². The van der Waals surface area contributed by atoms with E-state index in [0.717, 1.165) is 23.2 Å². The highest BCUT2D eigenvalue weighted by Crippen LogP contribution is 2.22. The van der Waals surface area contributed by atoms with Gasteiger partial charge in [0.05, 0.1) is 6.54 Å². The topological polar surface area (TPSA) is 42.7 Å². The number of aromatic nitrogens is 3. The van der Waals surface area contributed by atoms with Crippen LogP contribution in [0.25, 0.3) is 0 Å². The summed E-state index contributed by atoms with van der Waals surface area (Å²) in [5, 5.41) is 6.78. The summed E-state index contributed by atoms with van der Waals surface area (Å²) >= 11 is 1.71. The Morgan fingerprint density at radius 1 is 1.44 bits per heavy atom. The molecular formula is C13H18N4S. The van der Waals surface area contributed by atoms with E-state index >= 15 is 0 Å². The van der Waals surface area contributed by atoms with E-state index in [0.29, 0.717) is 6.04 Å². The smallest absolute Gasteiger partial charge is 0.203 e. The lowest BCUT2D eigenvalue weighted by Crippen LogP contribution is -2.18. The number of nitrogens with zero attached hydrogens (tertiary/aromatic N) is 3. The van der Waals surface area contributed by atoms with Crippen LogP contribution in [0.5, 0.6) is 0 Å². The third-order valence-corrected chi connectivity index (χ3v) is 4.33. The minimum atomic E-state index is 0.601. The van der Waals surface area contributed by atoms with Gasteiger partial charge in [0.15, 0.2) is 0 Å². The Morgan fingerprint density at radius 2 is 2.28 bits per heavy atom. The molecule has 1 N–H and O–H groups in total.